The van der Waals surface area contributed by atoms with Gasteiger partial charge in [-0.2, -0.15) is 0 Å². The molecular formula is C22H23FN4O5. The highest BCUT2D eigenvalue weighted by Gasteiger charge is 2.25. The third-order valence-electron chi connectivity index (χ3n) is 4.66. The summed E-state index contributed by atoms with van der Waals surface area (Å²) in [5, 5.41) is 0. The maximum atomic E-state index is 13.1. The first-order chi connectivity index (χ1) is 15.4. The summed E-state index contributed by atoms with van der Waals surface area (Å²) < 4.78 is 24.7. The molecule has 3 rings (SSSR count). The van der Waals surface area contributed by atoms with Crippen molar-refractivity contribution >= 4 is 17.4 Å². The first-order valence-electron chi connectivity index (χ1n) is 9.75. The number of halogens is 1. The Balaban J connectivity index is 1.97. The predicted molar refractivity (Wildman–Crippen MR) is 117 cm³/mol. The maximum Gasteiger partial charge on any atom is 0.330 e. The van der Waals surface area contributed by atoms with Gasteiger partial charge in [-0.15, -0.1) is 0 Å². The SMILES string of the molecule is COCCn1c(N)c(N(Cc2ccccc2)C(=O)COc2ccc(F)cc2)c(=O)[nH]c1=O. The smallest absolute Gasteiger partial charge is 0.330 e. The highest BCUT2D eigenvalue weighted by Crippen LogP contribution is 2.20. The number of methoxy groups -OCH3 is 1. The topological polar surface area (TPSA) is 120 Å². The van der Waals surface area contributed by atoms with Crippen molar-refractivity contribution in [1.29, 1.82) is 0 Å². The fraction of sp³-hybridized carbons (Fsp3) is 0.227. The molecule has 0 saturated heterocycles. The zero-order valence-corrected chi connectivity index (χ0v) is 17.4. The standard InChI is InChI=1S/C22H23FN4O5/c1-31-12-11-26-20(24)19(21(29)25-22(26)30)27(13-15-5-3-2-4-6-15)18(28)14-32-17-9-7-16(23)8-10-17/h2-10H,11-14,24H2,1H3,(H,25,29,30). The molecule has 0 aliphatic carbocycles. The lowest BCUT2D eigenvalue weighted by molar-refractivity contribution is -0.120. The molecular weight excluding hydrogens is 419 g/mol. The molecule has 168 valence electrons. The van der Waals surface area contributed by atoms with E-state index < -0.39 is 29.6 Å². The Morgan fingerprint density at radius 3 is 2.47 bits per heavy atom. The Morgan fingerprint density at radius 1 is 1.12 bits per heavy atom. The van der Waals surface area contributed by atoms with E-state index in [1.807, 2.05) is 6.07 Å². The number of rotatable bonds is 9. The van der Waals surface area contributed by atoms with Crippen molar-refractivity contribution < 1.29 is 18.7 Å². The third-order valence-corrected chi connectivity index (χ3v) is 4.66. The molecule has 1 amide bonds. The quantitative estimate of drug-likeness (QED) is 0.519. The van der Waals surface area contributed by atoms with Crippen LogP contribution < -0.4 is 26.6 Å². The lowest BCUT2D eigenvalue weighted by atomic mass is 10.2. The molecule has 0 spiro atoms. The Morgan fingerprint density at radius 2 is 1.81 bits per heavy atom. The monoisotopic (exact) mass is 442 g/mol. The Hall–Kier alpha value is -3.92. The van der Waals surface area contributed by atoms with Gasteiger partial charge in [0.25, 0.3) is 11.5 Å². The Kier molecular flexibility index (Phi) is 7.40. The molecule has 1 heterocycles. The molecule has 9 nitrogen and oxygen atoms in total. The number of ether oxygens (including phenoxy) is 2. The van der Waals surface area contributed by atoms with Gasteiger partial charge >= 0.3 is 5.69 Å². The molecule has 2 aromatic carbocycles. The van der Waals surface area contributed by atoms with E-state index in [-0.39, 0.29) is 37.0 Å². The van der Waals surface area contributed by atoms with Gasteiger partial charge in [-0.3, -0.25) is 24.0 Å². The molecule has 0 radical (unpaired) electrons. The average molecular weight is 442 g/mol. The van der Waals surface area contributed by atoms with E-state index in [1.54, 1.807) is 24.3 Å². The van der Waals surface area contributed by atoms with Crippen LogP contribution in [0, 0.1) is 5.82 Å². The molecule has 0 saturated carbocycles. The van der Waals surface area contributed by atoms with Crippen molar-refractivity contribution in [3.8, 4) is 5.75 Å². The number of benzene rings is 2. The number of nitrogens with zero attached hydrogens (tertiary/aromatic N) is 2. The number of nitrogen functional groups attached to an aromatic ring is 1. The van der Waals surface area contributed by atoms with Crippen LogP contribution in [0.5, 0.6) is 5.75 Å². The summed E-state index contributed by atoms with van der Waals surface area (Å²) in [6.07, 6.45) is 0. The lowest BCUT2D eigenvalue weighted by Gasteiger charge is -2.24. The van der Waals surface area contributed by atoms with E-state index in [2.05, 4.69) is 4.98 Å². The van der Waals surface area contributed by atoms with Gasteiger partial charge in [0, 0.05) is 7.11 Å². The van der Waals surface area contributed by atoms with Crippen LogP contribution in [0.15, 0.2) is 64.2 Å². The number of amides is 1. The van der Waals surface area contributed by atoms with E-state index in [0.717, 1.165) is 15.0 Å². The van der Waals surface area contributed by atoms with E-state index >= 15 is 0 Å². The van der Waals surface area contributed by atoms with E-state index in [0.29, 0.717) is 0 Å². The molecule has 0 aliphatic rings. The van der Waals surface area contributed by atoms with Gasteiger partial charge in [0.1, 0.15) is 17.4 Å². The molecule has 0 bridgehead atoms. The van der Waals surface area contributed by atoms with Gasteiger partial charge in [0.2, 0.25) is 0 Å². The largest absolute Gasteiger partial charge is 0.484 e. The van der Waals surface area contributed by atoms with Crippen molar-refractivity contribution in [2.75, 3.05) is 31.0 Å². The second-order valence-corrected chi connectivity index (χ2v) is 6.85. The summed E-state index contributed by atoms with van der Waals surface area (Å²) in [7, 11) is 1.46. The number of aromatic amines is 1. The van der Waals surface area contributed by atoms with E-state index in [9.17, 15) is 18.8 Å². The van der Waals surface area contributed by atoms with Crippen molar-refractivity contribution in [3.05, 3.63) is 86.8 Å². The van der Waals surface area contributed by atoms with Crippen molar-refractivity contribution in [2.45, 2.75) is 13.1 Å². The normalized spacial score (nSPS) is 10.7. The number of carbonyl (C=O) groups excluding carboxylic acids is 1. The fourth-order valence-corrected chi connectivity index (χ4v) is 3.05. The van der Waals surface area contributed by atoms with Gasteiger partial charge < -0.3 is 15.2 Å². The Labute approximate surface area is 182 Å². The van der Waals surface area contributed by atoms with Crippen LogP contribution in [-0.2, 0) is 22.6 Å². The summed E-state index contributed by atoms with van der Waals surface area (Å²) in [5.74, 6) is -0.896. The Bertz CT molecular complexity index is 1180. The highest BCUT2D eigenvalue weighted by atomic mass is 19.1. The number of nitrogens with two attached hydrogens (primary N) is 1. The fourth-order valence-electron chi connectivity index (χ4n) is 3.05. The van der Waals surface area contributed by atoms with Gasteiger partial charge in [0.15, 0.2) is 12.3 Å². The lowest BCUT2D eigenvalue weighted by Crippen LogP contribution is -2.42. The van der Waals surface area contributed by atoms with Gasteiger partial charge in [-0.25, -0.2) is 9.18 Å². The van der Waals surface area contributed by atoms with Crippen molar-refractivity contribution in [3.63, 3.8) is 0 Å². The van der Waals surface area contributed by atoms with Crippen LogP contribution in [0.25, 0.3) is 0 Å². The van der Waals surface area contributed by atoms with Gasteiger partial charge in [-0.1, -0.05) is 30.3 Å². The second kappa shape index (κ2) is 10.4. The minimum absolute atomic E-state index is 0.0161. The molecule has 0 fully saturated rings. The van der Waals surface area contributed by atoms with Crippen LogP contribution in [-0.4, -0.2) is 35.8 Å². The minimum atomic E-state index is -0.799. The average Bonchev–Trinajstić information content (AvgIpc) is 2.78. The molecule has 10 heteroatoms. The number of hydrogen-bond acceptors (Lipinski definition) is 6. The summed E-state index contributed by atoms with van der Waals surface area (Å²) >= 11 is 0. The predicted octanol–water partition coefficient (Wildman–Crippen LogP) is 1.52. The molecule has 3 N–H and O–H groups in total. The molecule has 0 aliphatic heterocycles. The molecule has 1 aromatic heterocycles. The second-order valence-electron chi connectivity index (χ2n) is 6.85. The molecule has 0 atom stereocenters. The van der Waals surface area contributed by atoms with E-state index in [4.69, 9.17) is 15.2 Å². The number of hydrogen-bond donors (Lipinski definition) is 2. The number of nitrogens with one attached hydrogen (secondary N) is 1. The molecule has 32 heavy (non-hydrogen) atoms. The van der Waals surface area contributed by atoms with Crippen molar-refractivity contribution in [1.82, 2.24) is 9.55 Å². The van der Waals surface area contributed by atoms with Gasteiger partial charge in [-0.05, 0) is 29.8 Å². The third kappa shape index (κ3) is 5.41. The zero-order valence-electron chi connectivity index (χ0n) is 17.4. The van der Waals surface area contributed by atoms with E-state index in [1.165, 1.54) is 31.4 Å². The summed E-state index contributed by atoms with van der Waals surface area (Å²) in [6, 6.07) is 14.1. The van der Waals surface area contributed by atoms with Crippen LogP contribution in [0.4, 0.5) is 15.9 Å². The number of anilines is 2. The minimum Gasteiger partial charge on any atom is -0.484 e. The van der Waals surface area contributed by atoms with Crippen LogP contribution in [0.1, 0.15) is 5.56 Å². The van der Waals surface area contributed by atoms with Gasteiger partial charge in [0.05, 0.1) is 19.7 Å². The summed E-state index contributed by atoms with van der Waals surface area (Å²) in [5.41, 5.74) is 5.21. The first kappa shape index (κ1) is 22.8. The highest BCUT2D eigenvalue weighted by molar-refractivity contribution is 5.96. The molecule has 3 aromatic rings. The number of aromatic nitrogens is 2. The summed E-state index contributed by atoms with van der Waals surface area (Å²) in [6.45, 7) is -0.156. The van der Waals surface area contributed by atoms with Crippen LogP contribution in [0.3, 0.4) is 0 Å². The number of H-pyrrole nitrogens is 1. The summed E-state index contributed by atoms with van der Waals surface area (Å²) in [4.78, 5) is 41.4. The zero-order chi connectivity index (χ0) is 23.1. The van der Waals surface area contributed by atoms with Crippen molar-refractivity contribution in [2.24, 2.45) is 0 Å². The van der Waals surface area contributed by atoms with Crippen LogP contribution >= 0.6 is 0 Å². The maximum absolute atomic E-state index is 13.1. The molecule has 0 unspecified atom stereocenters. The number of carbonyl (C=O) groups is 1. The van der Waals surface area contributed by atoms with Crippen LogP contribution in [0.2, 0.25) is 0 Å². The first-order valence-corrected chi connectivity index (χ1v) is 9.75.